The SMILES string of the molecule is CN(C(=O)Cc1cccc(-c2ccccc2)c1)c1ccccc1. The second kappa shape index (κ2) is 6.93. The van der Waals surface area contributed by atoms with Crippen LogP contribution in [0.15, 0.2) is 84.9 Å². The summed E-state index contributed by atoms with van der Waals surface area (Å²) < 4.78 is 0. The van der Waals surface area contributed by atoms with E-state index < -0.39 is 0 Å². The van der Waals surface area contributed by atoms with Crippen LogP contribution in [0.25, 0.3) is 11.1 Å². The van der Waals surface area contributed by atoms with Crippen molar-refractivity contribution >= 4 is 11.6 Å². The molecule has 0 N–H and O–H groups in total. The molecule has 0 saturated carbocycles. The monoisotopic (exact) mass is 301 g/mol. The number of amides is 1. The summed E-state index contributed by atoms with van der Waals surface area (Å²) in [7, 11) is 1.82. The second-order valence-electron chi connectivity index (χ2n) is 5.53. The summed E-state index contributed by atoms with van der Waals surface area (Å²) in [6.07, 6.45) is 0.395. The Hall–Kier alpha value is -2.87. The molecule has 2 nitrogen and oxygen atoms in total. The van der Waals surface area contributed by atoms with Gasteiger partial charge in [-0.1, -0.05) is 72.8 Å². The third-order valence-corrected chi connectivity index (χ3v) is 3.91. The molecule has 0 fully saturated rings. The highest BCUT2D eigenvalue weighted by Gasteiger charge is 2.11. The van der Waals surface area contributed by atoms with Gasteiger partial charge in [-0.25, -0.2) is 0 Å². The molecule has 0 spiro atoms. The summed E-state index contributed by atoms with van der Waals surface area (Å²) in [5, 5.41) is 0. The van der Waals surface area contributed by atoms with Crippen molar-refractivity contribution in [2.45, 2.75) is 6.42 Å². The van der Waals surface area contributed by atoms with Crippen LogP contribution in [-0.2, 0) is 11.2 Å². The number of hydrogen-bond donors (Lipinski definition) is 0. The number of benzene rings is 3. The molecule has 0 radical (unpaired) electrons. The Morgan fingerprint density at radius 1 is 0.783 bits per heavy atom. The fourth-order valence-corrected chi connectivity index (χ4v) is 2.58. The van der Waals surface area contributed by atoms with Gasteiger partial charge in [0, 0.05) is 12.7 Å². The summed E-state index contributed by atoms with van der Waals surface area (Å²) in [5.41, 5.74) is 4.24. The van der Waals surface area contributed by atoms with Crippen molar-refractivity contribution < 1.29 is 4.79 Å². The van der Waals surface area contributed by atoms with Gasteiger partial charge in [0.2, 0.25) is 5.91 Å². The Morgan fingerprint density at radius 2 is 1.39 bits per heavy atom. The van der Waals surface area contributed by atoms with E-state index in [4.69, 9.17) is 0 Å². The minimum Gasteiger partial charge on any atom is -0.315 e. The first-order valence-electron chi connectivity index (χ1n) is 7.70. The molecule has 3 aromatic rings. The van der Waals surface area contributed by atoms with Crippen LogP contribution in [0.5, 0.6) is 0 Å². The van der Waals surface area contributed by atoms with Crippen LogP contribution in [0.4, 0.5) is 5.69 Å². The minimum absolute atomic E-state index is 0.0846. The van der Waals surface area contributed by atoms with E-state index in [2.05, 4.69) is 24.3 Å². The fourth-order valence-electron chi connectivity index (χ4n) is 2.58. The lowest BCUT2D eigenvalue weighted by Crippen LogP contribution is -2.27. The maximum absolute atomic E-state index is 12.5. The second-order valence-corrected chi connectivity index (χ2v) is 5.53. The van der Waals surface area contributed by atoms with E-state index in [0.717, 1.165) is 16.8 Å². The zero-order chi connectivity index (χ0) is 16.1. The highest BCUT2D eigenvalue weighted by molar-refractivity contribution is 5.94. The summed E-state index contributed by atoms with van der Waals surface area (Å²) in [4.78, 5) is 14.2. The highest BCUT2D eigenvalue weighted by atomic mass is 16.2. The summed E-state index contributed by atoms with van der Waals surface area (Å²) >= 11 is 0. The van der Waals surface area contributed by atoms with Gasteiger partial charge < -0.3 is 4.90 Å². The van der Waals surface area contributed by atoms with Gasteiger partial charge in [-0.15, -0.1) is 0 Å². The molecule has 0 atom stereocenters. The number of nitrogens with zero attached hydrogens (tertiary/aromatic N) is 1. The number of anilines is 1. The van der Waals surface area contributed by atoms with Crippen LogP contribution in [-0.4, -0.2) is 13.0 Å². The van der Waals surface area contributed by atoms with Gasteiger partial charge in [-0.05, 0) is 28.8 Å². The van der Waals surface area contributed by atoms with Crippen LogP contribution < -0.4 is 4.90 Å². The third kappa shape index (κ3) is 3.67. The van der Waals surface area contributed by atoms with Gasteiger partial charge in [-0.2, -0.15) is 0 Å². The van der Waals surface area contributed by atoms with Crippen molar-refractivity contribution in [1.29, 1.82) is 0 Å². The van der Waals surface area contributed by atoms with E-state index in [9.17, 15) is 4.79 Å². The molecule has 1 amide bonds. The van der Waals surface area contributed by atoms with Gasteiger partial charge in [0.1, 0.15) is 0 Å². The standard InChI is InChI=1S/C21H19NO/c1-22(20-13-6-3-7-14-20)21(23)16-17-9-8-12-19(15-17)18-10-4-2-5-11-18/h2-15H,16H2,1H3. The minimum atomic E-state index is 0.0846. The molecule has 0 aromatic heterocycles. The molecule has 0 bridgehead atoms. The van der Waals surface area contributed by atoms with Gasteiger partial charge in [0.15, 0.2) is 0 Å². The number of carbonyl (C=O) groups is 1. The number of para-hydroxylation sites is 1. The molecular weight excluding hydrogens is 282 g/mol. The average molecular weight is 301 g/mol. The predicted molar refractivity (Wildman–Crippen MR) is 95.4 cm³/mol. The van der Waals surface area contributed by atoms with E-state index in [1.807, 2.05) is 67.7 Å². The van der Waals surface area contributed by atoms with Crippen molar-refractivity contribution in [1.82, 2.24) is 0 Å². The molecule has 23 heavy (non-hydrogen) atoms. The van der Waals surface area contributed by atoms with Crippen LogP contribution >= 0.6 is 0 Å². The summed E-state index contributed by atoms with van der Waals surface area (Å²) in [6.45, 7) is 0. The van der Waals surface area contributed by atoms with Crippen molar-refractivity contribution in [3.05, 3.63) is 90.5 Å². The average Bonchev–Trinajstić information content (AvgIpc) is 2.63. The van der Waals surface area contributed by atoms with Gasteiger partial charge >= 0.3 is 0 Å². The number of hydrogen-bond acceptors (Lipinski definition) is 1. The van der Waals surface area contributed by atoms with Crippen LogP contribution in [0.3, 0.4) is 0 Å². The Morgan fingerprint density at radius 3 is 2.09 bits per heavy atom. The molecule has 0 aliphatic heterocycles. The topological polar surface area (TPSA) is 20.3 Å². The maximum atomic E-state index is 12.5. The molecule has 0 heterocycles. The molecule has 3 rings (SSSR count). The van der Waals surface area contributed by atoms with E-state index in [1.165, 1.54) is 5.56 Å². The normalized spacial score (nSPS) is 10.3. The molecule has 0 aliphatic carbocycles. The third-order valence-electron chi connectivity index (χ3n) is 3.91. The van der Waals surface area contributed by atoms with Crippen molar-refractivity contribution in [3.8, 4) is 11.1 Å². The molecule has 0 unspecified atom stereocenters. The molecule has 3 aromatic carbocycles. The fraction of sp³-hybridized carbons (Fsp3) is 0.0952. The quantitative estimate of drug-likeness (QED) is 0.692. The lowest BCUT2D eigenvalue weighted by atomic mass is 10.0. The van der Waals surface area contributed by atoms with E-state index >= 15 is 0 Å². The van der Waals surface area contributed by atoms with Gasteiger partial charge in [0.25, 0.3) is 0 Å². The Labute approximate surface area is 137 Å². The molecule has 114 valence electrons. The smallest absolute Gasteiger partial charge is 0.231 e. The summed E-state index contributed by atoms with van der Waals surface area (Å²) in [5.74, 6) is 0.0846. The zero-order valence-electron chi connectivity index (χ0n) is 13.1. The van der Waals surface area contributed by atoms with Crippen molar-refractivity contribution in [3.63, 3.8) is 0 Å². The van der Waals surface area contributed by atoms with E-state index in [1.54, 1.807) is 4.90 Å². The largest absolute Gasteiger partial charge is 0.315 e. The van der Waals surface area contributed by atoms with Crippen LogP contribution in [0.2, 0.25) is 0 Å². The predicted octanol–water partition coefficient (Wildman–Crippen LogP) is 4.56. The van der Waals surface area contributed by atoms with Gasteiger partial charge in [-0.3, -0.25) is 4.79 Å². The van der Waals surface area contributed by atoms with E-state index in [-0.39, 0.29) is 5.91 Å². The van der Waals surface area contributed by atoms with E-state index in [0.29, 0.717) is 6.42 Å². The molecule has 0 aliphatic rings. The molecular formula is C21H19NO. The van der Waals surface area contributed by atoms with Crippen LogP contribution in [0.1, 0.15) is 5.56 Å². The first-order chi connectivity index (χ1) is 11.2. The van der Waals surface area contributed by atoms with Crippen molar-refractivity contribution in [2.75, 3.05) is 11.9 Å². The molecule has 2 heteroatoms. The van der Waals surface area contributed by atoms with Crippen molar-refractivity contribution in [2.24, 2.45) is 0 Å². The number of likely N-dealkylation sites (N-methyl/N-ethyl adjacent to an activating group) is 1. The van der Waals surface area contributed by atoms with Gasteiger partial charge in [0.05, 0.1) is 6.42 Å². The summed E-state index contributed by atoms with van der Waals surface area (Å²) in [6, 6.07) is 28.1. The Kier molecular flexibility index (Phi) is 4.53. The number of rotatable bonds is 4. The Balaban J connectivity index is 1.77. The highest BCUT2D eigenvalue weighted by Crippen LogP contribution is 2.21. The number of carbonyl (C=O) groups excluding carboxylic acids is 1. The van der Waals surface area contributed by atoms with Crippen LogP contribution in [0, 0.1) is 0 Å². The maximum Gasteiger partial charge on any atom is 0.231 e. The Bertz CT molecular complexity index is 781. The lowest BCUT2D eigenvalue weighted by molar-refractivity contribution is -0.117. The first kappa shape index (κ1) is 15.0. The molecule has 0 saturated heterocycles. The lowest BCUT2D eigenvalue weighted by Gasteiger charge is -2.17. The zero-order valence-corrected chi connectivity index (χ0v) is 13.1. The first-order valence-corrected chi connectivity index (χ1v) is 7.70.